The lowest BCUT2D eigenvalue weighted by molar-refractivity contribution is 0.475. The van der Waals surface area contributed by atoms with Crippen molar-refractivity contribution < 1.29 is 5.11 Å². The summed E-state index contributed by atoms with van der Waals surface area (Å²) in [6.07, 6.45) is 5.84. The summed E-state index contributed by atoms with van der Waals surface area (Å²) in [5.41, 5.74) is 3.24. The first-order chi connectivity index (χ1) is 13.3. The second-order valence-electron chi connectivity index (χ2n) is 6.41. The van der Waals surface area contributed by atoms with Gasteiger partial charge in [-0.05, 0) is 42.0 Å². The van der Waals surface area contributed by atoms with Crippen LogP contribution in [0.1, 0.15) is 10.4 Å². The molecule has 0 aliphatic carbocycles. The van der Waals surface area contributed by atoms with E-state index in [1.165, 1.54) is 5.69 Å². The number of phenols is 1. The van der Waals surface area contributed by atoms with Crippen LogP contribution >= 0.6 is 11.3 Å². The van der Waals surface area contributed by atoms with Crippen molar-refractivity contribution in [1.29, 1.82) is 0 Å². The molecule has 27 heavy (non-hydrogen) atoms. The minimum Gasteiger partial charge on any atom is -0.508 e. The highest BCUT2D eigenvalue weighted by molar-refractivity contribution is 7.16. The zero-order valence-electron chi connectivity index (χ0n) is 14.9. The number of nitrogens with zero attached hydrogens (tertiary/aromatic N) is 2. The third-order valence-corrected chi connectivity index (χ3v) is 5.29. The van der Waals surface area contributed by atoms with E-state index >= 15 is 0 Å². The van der Waals surface area contributed by atoms with Gasteiger partial charge in [-0.3, -0.25) is 0 Å². The van der Waals surface area contributed by atoms with Gasteiger partial charge >= 0.3 is 0 Å². The Kier molecular flexibility index (Phi) is 5.37. The summed E-state index contributed by atoms with van der Waals surface area (Å²) < 4.78 is 0. The molecule has 1 aliphatic rings. The molecule has 0 radical (unpaired) electrons. The number of hydrogen-bond donors (Lipinski definition) is 3. The molecule has 2 aromatic carbocycles. The van der Waals surface area contributed by atoms with E-state index in [4.69, 9.17) is 0 Å². The van der Waals surface area contributed by atoms with E-state index in [9.17, 15) is 5.11 Å². The number of rotatable bonds is 5. The molecular weight excluding hydrogens is 356 g/mol. The second-order valence-corrected chi connectivity index (χ2v) is 7.47. The molecule has 6 heteroatoms. The maximum Gasteiger partial charge on any atom is 0.187 e. The van der Waals surface area contributed by atoms with E-state index in [1.54, 1.807) is 23.5 Å². The average molecular weight is 379 g/mol. The van der Waals surface area contributed by atoms with E-state index in [-0.39, 0.29) is 5.75 Å². The fourth-order valence-corrected chi connectivity index (χ4v) is 3.79. The van der Waals surface area contributed by atoms with Crippen molar-refractivity contribution >= 4 is 40.0 Å². The third-order valence-electron chi connectivity index (χ3n) is 4.41. The van der Waals surface area contributed by atoms with E-state index in [0.29, 0.717) is 0 Å². The highest BCUT2D eigenvalue weighted by Gasteiger charge is 2.11. The van der Waals surface area contributed by atoms with Gasteiger partial charge in [-0.25, -0.2) is 4.98 Å². The van der Waals surface area contributed by atoms with Gasteiger partial charge in [-0.2, -0.15) is 0 Å². The van der Waals surface area contributed by atoms with E-state index in [1.807, 2.05) is 30.5 Å². The Morgan fingerprint density at radius 1 is 1.07 bits per heavy atom. The molecule has 0 atom stereocenters. The fourth-order valence-electron chi connectivity index (χ4n) is 3.06. The summed E-state index contributed by atoms with van der Waals surface area (Å²) in [7, 11) is 0. The topological polar surface area (TPSA) is 60.4 Å². The molecule has 1 saturated heterocycles. The minimum atomic E-state index is 0.271. The molecule has 0 saturated carbocycles. The molecule has 4 rings (SSSR count). The van der Waals surface area contributed by atoms with Gasteiger partial charge in [-0.1, -0.05) is 35.6 Å². The number of aromatic hydroxyl groups is 1. The number of benzene rings is 2. The van der Waals surface area contributed by atoms with Crippen molar-refractivity contribution in [1.82, 2.24) is 10.3 Å². The van der Waals surface area contributed by atoms with Crippen molar-refractivity contribution in [2.24, 2.45) is 0 Å². The standard InChI is InChI=1S/C21H22N4OS/c26-19-6-1-3-16(13-19)7-8-20-15-23-21(27-20)24-17-4-2-5-18(14-17)25-11-9-22-10-12-25/h1-8,13-15,22,26H,9-12H2,(H,23,24)/b8-7+. The summed E-state index contributed by atoms with van der Waals surface area (Å²) in [5.74, 6) is 0.271. The summed E-state index contributed by atoms with van der Waals surface area (Å²) in [5, 5.41) is 17.2. The predicted octanol–water partition coefficient (Wildman–Crippen LogP) is 4.17. The number of phenolic OH excluding ortho intramolecular Hbond substituents is 1. The quantitative estimate of drug-likeness (QED) is 0.622. The number of nitrogens with one attached hydrogen (secondary N) is 2. The van der Waals surface area contributed by atoms with Crippen LogP contribution < -0.4 is 15.5 Å². The summed E-state index contributed by atoms with van der Waals surface area (Å²) in [6, 6.07) is 15.7. The summed E-state index contributed by atoms with van der Waals surface area (Å²) >= 11 is 1.60. The Bertz CT molecular complexity index is 931. The van der Waals surface area contributed by atoms with Crippen molar-refractivity contribution in [2.45, 2.75) is 0 Å². The van der Waals surface area contributed by atoms with Crippen LogP contribution in [0.15, 0.2) is 54.7 Å². The third kappa shape index (κ3) is 4.67. The van der Waals surface area contributed by atoms with Crippen LogP contribution in [-0.2, 0) is 0 Å². The second kappa shape index (κ2) is 8.24. The number of aromatic nitrogens is 1. The maximum absolute atomic E-state index is 9.53. The first kappa shape index (κ1) is 17.6. The van der Waals surface area contributed by atoms with Crippen LogP contribution in [0, 0.1) is 0 Å². The van der Waals surface area contributed by atoms with Crippen molar-refractivity contribution in [3.63, 3.8) is 0 Å². The molecule has 0 spiro atoms. The molecule has 3 aromatic rings. The lowest BCUT2D eigenvalue weighted by Crippen LogP contribution is -2.43. The Morgan fingerprint density at radius 2 is 1.93 bits per heavy atom. The highest BCUT2D eigenvalue weighted by Crippen LogP contribution is 2.27. The van der Waals surface area contributed by atoms with Gasteiger partial charge in [0.1, 0.15) is 5.75 Å². The monoisotopic (exact) mass is 378 g/mol. The number of piperazine rings is 1. The van der Waals surface area contributed by atoms with Gasteiger partial charge in [0.25, 0.3) is 0 Å². The van der Waals surface area contributed by atoms with Gasteiger partial charge in [0.15, 0.2) is 5.13 Å². The van der Waals surface area contributed by atoms with E-state index in [0.717, 1.165) is 47.4 Å². The molecule has 1 aliphatic heterocycles. The van der Waals surface area contributed by atoms with Gasteiger partial charge in [-0.15, -0.1) is 0 Å². The maximum atomic E-state index is 9.53. The van der Waals surface area contributed by atoms with Crippen LogP contribution in [0.3, 0.4) is 0 Å². The van der Waals surface area contributed by atoms with Crippen LogP contribution in [0.5, 0.6) is 5.75 Å². The lowest BCUT2D eigenvalue weighted by atomic mass is 10.2. The number of anilines is 3. The van der Waals surface area contributed by atoms with Crippen LogP contribution in [0.4, 0.5) is 16.5 Å². The lowest BCUT2D eigenvalue weighted by Gasteiger charge is -2.29. The molecule has 2 heterocycles. The largest absolute Gasteiger partial charge is 0.508 e. The summed E-state index contributed by atoms with van der Waals surface area (Å²) in [6.45, 7) is 4.12. The molecule has 138 valence electrons. The Balaban J connectivity index is 1.43. The SMILES string of the molecule is Oc1cccc(/C=C/c2cnc(Nc3cccc(N4CCNCC4)c3)s2)c1. The van der Waals surface area contributed by atoms with Gasteiger partial charge in [0.05, 0.1) is 0 Å². The Labute approximate surface area is 163 Å². The predicted molar refractivity (Wildman–Crippen MR) is 114 cm³/mol. The minimum absolute atomic E-state index is 0.271. The molecule has 1 fully saturated rings. The van der Waals surface area contributed by atoms with E-state index in [2.05, 4.69) is 44.8 Å². The van der Waals surface area contributed by atoms with Crippen molar-refractivity contribution in [2.75, 3.05) is 36.4 Å². The average Bonchev–Trinajstić information content (AvgIpc) is 3.15. The van der Waals surface area contributed by atoms with Crippen molar-refractivity contribution in [3.05, 3.63) is 65.2 Å². The van der Waals surface area contributed by atoms with Gasteiger partial charge in [0, 0.05) is 48.6 Å². The Hall–Kier alpha value is -2.83. The van der Waals surface area contributed by atoms with Crippen LogP contribution in [-0.4, -0.2) is 36.3 Å². The van der Waals surface area contributed by atoms with Crippen molar-refractivity contribution in [3.8, 4) is 5.75 Å². The molecule has 0 bridgehead atoms. The molecule has 0 unspecified atom stereocenters. The Morgan fingerprint density at radius 3 is 2.78 bits per heavy atom. The zero-order valence-corrected chi connectivity index (χ0v) is 15.7. The smallest absolute Gasteiger partial charge is 0.187 e. The summed E-state index contributed by atoms with van der Waals surface area (Å²) in [4.78, 5) is 7.92. The molecule has 1 aromatic heterocycles. The fraction of sp³-hybridized carbons (Fsp3) is 0.190. The van der Waals surface area contributed by atoms with E-state index < -0.39 is 0 Å². The number of hydrogen-bond acceptors (Lipinski definition) is 6. The molecular formula is C21H22N4OS. The van der Waals surface area contributed by atoms with Crippen LogP contribution in [0.25, 0.3) is 12.2 Å². The molecule has 3 N–H and O–H groups in total. The van der Waals surface area contributed by atoms with Crippen LogP contribution in [0.2, 0.25) is 0 Å². The number of thiazole rings is 1. The molecule has 5 nitrogen and oxygen atoms in total. The highest BCUT2D eigenvalue weighted by atomic mass is 32.1. The van der Waals surface area contributed by atoms with Gasteiger partial charge < -0.3 is 20.6 Å². The van der Waals surface area contributed by atoms with Gasteiger partial charge in [0.2, 0.25) is 0 Å². The zero-order chi connectivity index (χ0) is 18.5. The normalized spacial score (nSPS) is 14.6. The first-order valence-electron chi connectivity index (χ1n) is 9.02. The molecule has 0 amide bonds. The first-order valence-corrected chi connectivity index (χ1v) is 9.84.